The predicted molar refractivity (Wildman–Crippen MR) is 139 cm³/mol. The Kier molecular flexibility index (Phi) is 7.32. The van der Waals surface area contributed by atoms with Gasteiger partial charge in [0.2, 0.25) is 0 Å². The van der Waals surface area contributed by atoms with Gasteiger partial charge in [0.25, 0.3) is 0 Å². The second-order valence-corrected chi connectivity index (χ2v) is 10.6. The molecule has 0 aliphatic rings. The van der Waals surface area contributed by atoms with Crippen LogP contribution in [0.4, 0.5) is 0 Å². The third-order valence-corrected chi connectivity index (χ3v) is 7.26. The fraction of sp³-hybridized carbons (Fsp3) is 0. The monoisotopic (exact) mass is 516 g/mol. The zero-order valence-electron chi connectivity index (χ0n) is 18.8. The molecule has 36 heavy (non-hydrogen) atoms. The molecule has 8 heteroatoms. The van der Waals surface area contributed by atoms with Crippen molar-refractivity contribution in [1.29, 1.82) is 0 Å². The Labute approximate surface area is 210 Å². The van der Waals surface area contributed by atoms with E-state index in [4.69, 9.17) is 0 Å². The molecular formula is C28H20O6S2-2. The molecule has 0 aliphatic carbocycles. The first-order valence-corrected chi connectivity index (χ1v) is 13.6. The topological polar surface area (TPSA) is 114 Å². The van der Waals surface area contributed by atoms with E-state index in [1.165, 1.54) is 24.3 Å². The van der Waals surface area contributed by atoms with E-state index < -0.39 is 20.2 Å². The van der Waals surface area contributed by atoms with Gasteiger partial charge >= 0.3 is 0 Å². The predicted octanol–water partition coefficient (Wildman–Crippen LogP) is 5.50. The molecule has 0 spiro atoms. The van der Waals surface area contributed by atoms with E-state index in [9.17, 15) is 25.9 Å². The smallest absolute Gasteiger partial charge is 0.125 e. The second-order valence-electron chi connectivity index (χ2n) is 7.89. The molecule has 0 saturated heterocycles. The van der Waals surface area contributed by atoms with Crippen molar-refractivity contribution >= 4 is 44.5 Å². The van der Waals surface area contributed by atoms with Crippen molar-refractivity contribution in [2.45, 2.75) is 9.79 Å². The quantitative estimate of drug-likeness (QED) is 0.237. The summed E-state index contributed by atoms with van der Waals surface area (Å²) in [6.45, 7) is 0. The Balaban J connectivity index is 1.49. The third kappa shape index (κ3) is 6.24. The molecule has 0 aromatic heterocycles. The Bertz CT molecular complexity index is 1520. The number of hydrogen-bond donors (Lipinski definition) is 0. The maximum atomic E-state index is 11.4. The van der Waals surface area contributed by atoms with Crippen molar-refractivity contribution in [2.24, 2.45) is 0 Å². The number of rotatable bonds is 7. The van der Waals surface area contributed by atoms with Gasteiger partial charge in [0, 0.05) is 0 Å². The summed E-state index contributed by atoms with van der Waals surface area (Å²) < 4.78 is 68.6. The normalized spacial score (nSPS) is 12.4. The first-order valence-electron chi connectivity index (χ1n) is 10.8. The van der Waals surface area contributed by atoms with Crippen LogP contribution in [0, 0.1) is 0 Å². The molecule has 0 atom stereocenters. The van der Waals surface area contributed by atoms with Gasteiger partial charge in [0.05, 0.1) is 9.79 Å². The van der Waals surface area contributed by atoms with Gasteiger partial charge in [-0.25, -0.2) is 16.8 Å². The number of benzene rings is 4. The van der Waals surface area contributed by atoms with E-state index in [0.29, 0.717) is 11.1 Å². The molecule has 182 valence electrons. The van der Waals surface area contributed by atoms with Crippen LogP contribution in [-0.2, 0) is 20.2 Å². The summed E-state index contributed by atoms with van der Waals surface area (Å²) in [4.78, 5) is -0.518. The summed E-state index contributed by atoms with van der Waals surface area (Å²) >= 11 is 0. The first kappa shape index (κ1) is 25.3. The van der Waals surface area contributed by atoms with Gasteiger partial charge in [0.1, 0.15) is 20.2 Å². The van der Waals surface area contributed by atoms with E-state index in [0.717, 1.165) is 22.3 Å². The summed E-state index contributed by atoms with van der Waals surface area (Å²) in [6, 6.07) is 27.3. The van der Waals surface area contributed by atoms with Crippen molar-refractivity contribution in [1.82, 2.24) is 0 Å². The Morgan fingerprint density at radius 2 is 0.778 bits per heavy atom. The van der Waals surface area contributed by atoms with Crippen molar-refractivity contribution in [3.63, 3.8) is 0 Å². The molecule has 0 bridgehead atoms. The van der Waals surface area contributed by atoms with E-state index in [1.54, 1.807) is 48.6 Å². The molecule has 0 radical (unpaired) electrons. The van der Waals surface area contributed by atoms with Gasteiger partial charge < -0.3 is 9.11 Å². The van der Waals surface area contributed by atoms with Crippen LogP contribution < -0.4 is 0 Å². The second kappa shape index (κ2) is 10.4. The highest BCUT2D eigenvalue weighted by Crippen LogP contribution is 2.24. The van der Waals surface area contributed by atoms with Crippen molar-refractivity contribution in [2.75, 3.05) is 0 Å². The molecule has 6 nitrogen and oxygen atoms in total. The fourth-order valence-corrected chi connectivity index (χ4v) is 4.98. The minimum absolute atomic E-state index is 0.259. The molecule has 4 aromatic rings. The summed E-state index contributed by atoms with van der Waals surface area (Å²) in [5.41, 5.74) is 4.26. The van der Waals surface area contributed by atoms with Crippen LogP contribution in [-0.4, -0.2) is 25.9 Å². The van der Waals surface area contributed by atoms with Gasteiger partial charge in [-0.15, -0.1) is 0 Å². The maximum absolute atomic E-state index is 11.4. The van der Waals surface area contributed by atoms with E-state index in [2.05, 4.69) is 0 Å². The number of hydrogen-bond acceptors (Lipinski definition) is 6. The van der Waals surface area contributed by atoms with Gasteiger partial charge in [-0.1, -0.05) is 109 Å². The molecule has 0 amide bonds. The highest BCUT2D eigenvalue weighted by atomic mass is 32.2. The summed E-state index contributed by atoms with van der Waals surface area (Å²) in [6.07, 6.45) is 6.66. The van der Waals surface area contributed by atoms with Gasteiger partial charge in [-0.05, 0) is 45.5 Å². The Morgan fingerprint density at radius 1 is 0.444 bits per heavy atom. The highest BCUT2D eigenvalue weighted by molar-refractivity contribution is 7.86. The Morgan fingerprint density at radius 3 is 1.11 bits per heavy atom. The first-order chi connectivity index (χ1) is 17.1. The van der Waals surface area contributed by atoms with Crippen LogP contribution in [0.5, 0.6) is 0 Å². The van der Waals surface area contributed by atoms with Crippen LogP contribution in [0.25, 0.3) is 35.4 Å². The molecule has 0 unspecified atom stereocenters. The van der Waals surface area contributed by atoms with Gasteiger partial charge in [-0.2, -0.15) is 0 Å². The molecule has 0 saturated carbocycles. The molecule has 4 aromatic carbocycles. The third-order valence-electron chi connectivity index (χ3n) is 5.44. The van der Waals surface area contributed by atoms with Crippen LogP contribution >= 0.6 is 0 Å². The average Bonchev–Trinajstić information content (AvgIpc) is 2.86. The SMILES string of the molecule is O=S(=O)([O-])c1ccccc1C=Cc1ccc(-c2ccc(C=Cc3ccccc3S(=O)(=O)[O-])cc2)cc1. The summed E-state index contributed by atoms with van der Waals surface area (Å²) in [7, 11) is -9.12. The lowest BCUT2D eigenvalue weighted by Gasteiger charge is -2.10. The van der Waals surface area contributed by atoms with Gasteiger partial charge in [0.15, 0.2) is 0 Å². The van der Waals surface area contributed by atoms with E-state index in [1.807, 2.05) is 48.5 Å². The molecule has 0 heterocycles. The fourth-order valence-electron chi connectivity index (χ4n) is 3.64. The molecule has 0 fully saturated rings. The molecular weight excluding hydrogens is 496 g/mol. The largest absolute Gasteiger partial charge is 0.744 e. The van der Waals surface area contributed by atoms with Crippen LogP contribution in [0.2, 0.25) is 0 Å². The minimum atomic E-state index is -4.56. The maximum Gasteiger partial charge on any atom is 0.125 e. The van der Waals surface area contributed by atoms with E-state index in [-0.39, 0.29) is 9.79 Å². The zero-order chi connectivity index (χ0) is 25.8. The van der Waals surface area contributed by atoms with E-state index >= 15 is 0 Å². The van der Waals surface area contributed by atoms with Crippen LogP contribution in [0.15, 0.2) is 107 Å². The zero-order valence-corrected chi connectivity index (χ0v) is 20.4. The lowest BCUT2D eigenvalue weighted by molar-refractivity contribution is 0.460. The summed E-state index contributed by atoms with van der Waals surface area (Å²) in [5.74, 6) is 0. The minimum Gasteiger partial charge on any atom is -0.744 e. The van der Waals surface area contributed by atoms with Crippen LogP contribution in [0.1, 0.15) is 22.3 Å². The lowest BCUT2D eigenvalue weighted by atomic mass is 10.0. The molecule has 4 rings (SSSR count). The van der Waals surface area contributed by atoms with Gasteiger partial charge in [-0.3, -0.25) is 0 Å². The highest BCUT2D eigenvalue weighted by Gasteiger charge is 2.06. The van der Waals surface area contributed by atoms with Crippen molar-refractivity contribution < 1.29 is 25.9 Å². The molecule has 0 N–H and O–H groups in total. The summed E-state index contributed by atoms with van der Waals surface area (Å²) in [5, 5.41) is 0. The van der Waals surface area contributed by atoms with Crippen LogP contribution in [0.3, 0.4) is 0 Å². The lowest BCUT2D eigenvalue weighted by Crippen LogP contribution is -2.00. The standard InChI is InChI=1S/C28H22O6S2/c29-35(30,31)27-7-3-1-5-25(27)19-13-21-9-15-23(16-10-21)24-17-11-22(12-18-24)14-20-26-6-2-4-8-28(26)36(32,33)34/h1-20H,(H,29,30,31)(H,32,33,34)/p-2. The molecule has 0 aliphatic heterocycles. The Hall–Kier alpha value is -3.82. The van der Waals surface area contributed by atoms with Crippen molar-refractivity contribution in [3.05, 3.63) is 119 Å². The van der Waals surface area contributed by atoms with Crippen molar-refractivity contribution in [3.8, 4) is 11.1 Å². The average molecular weight is 517 g/mol.